The van der Waals surface area contributed by atoms with Crippen LogP contribution in [-0.4, -0.2) is 32.1 Å². The van der Waals surface area contributed by atoms with Crippen LogP contribution in [0.3, 0.4) is 0 Å². The van der Waals surface area contributed by atoms with E-state index in [-0.39, 0.29) is 10.3 Å². The molecule has 3 rings (SSSR count). The lowest BCUT2D eigenvalue weighted by atomic mass is 10.3. The molecule has 0 saturated carbocycles. The fraction of sp³-hybridized carbons (Fsp3) is 0.286. The number of thioether (sulfide) groups is 1. The number of benzene rings is 1. The molecule has 2 heterocycles. The molecule has 0 aliphatic carbocycles. The van der Waals surface area contributed by atoms with E-state index < -0.39 is 10.0 Å². The molecule has 1 aromatic heterocycles. The quantitative estimate of drug-likeness (QED) is 0.865. The first-order valence-electron chi connectivity index (χ1n) is 6.44. The van der Waals surface area contributed by atoms with Crippen molar-refractivity contribution in [1.82, 2.24) is 4.31 Å². The van der Waals surface area contributed by atoms with Gasteiger partial charge >= 0.3 is 0 Å². The van der Waals surface area contributed by atoms with E-state index in [4.69, 9.17) is 9.15 Å². The summed E-state index contributed by atoms with van der Waals surface area (Å²) in [6, 6.07) is 10.0. The van der Waals surface area contributed by atoms with Gasteiger partial charge in [0.05, 0.1) is 18.3 Å². The van der Waals surface area contributed by atoms with E-state index >= 15 is 0 Å². The summed E-state index contributed by atoms with van der Waals surface area (Å²) < 4.78 is 37.5. The Morgan fingerprint density at radius 3 is 2.67 bits per heavy atom. The van der Waals surface area contributed by atoms with E-state index in [2.05, 4.69) is 0 Å². The third-order valence-electron chi connectivity index (χ3n) is 3.30. The summed E-state index contributed by atoms with van der Waals surface area (Å²) in [5, 5.41) is -0.299. The monoisotopic (exact) mass is 325 g/mol. The fourth-order valence-electron chi connectivity index (χ4n) is 2.24. The second-order valence-electron chi connectivity index (χ2n) is 4.53. The minimum Gasteiger partial charge on any atom is -0.497 e. The van der Waals surface area contributed by atoms with E-state index in [1.807, 2.05) is 0 Å². The minimum absolute atomic E-state index is 0.266. The molecule has 0 amide bonds. The Kier molecular flexibility index (Phi) is 3.97. The van der Waals surface area contributed by atoms with Crippen LogP contribution < -0.4 is 4.74 Å². The lowest BCUT2D eigenvalue weighted by Gasteiger charge is -2.21. The standard InChI is InChI=1S/C14H15NO4S2/c1-18-11-4-6-12(7-5-11)21(16,17)15-8-10-20-14(15)13-3-2-9-19-13/h2-7,9,14H,8,10H2,1H3. The van der Waals surface area contributed by atoms with Crippen LogP contribution in [0.5, 0.6) is 5.75 Å². The van der Waals surface area contributed by atoms with Gasteiger partial charge in [0, 0.05) is 12.3 Å². The molecule has 1 fully saturated rings. The summed E-state index contributed by atoms with van der Waals surface area (Å²) in [4.78, 5) is 0.266. The Balaban J connectivity index is 1.93. The van der Waals surface area contributed by atoms with Gasteiger partial charge in [-0.1, -0.05) is 0 Å². The normalized spacial score (nSPS) is 19.8. The topological polar surface area (TPSA) is 59.8 Å². The third-order valence-corrected chi connectivity index (χ3v) is 6.53. The predicted octanol–water partition coefficient (Wildman–Crippen LogP) is 2.72. The zero-order valence-corrected chi connectivity index (χ0v) is 13.1. The van der Waals surface area contributed by atoms with Crippen molar-refractivity contribution < 1.29 is 17.6 Å². The zero-order valence-electron chi connectivity index (χ0n) is 11.4. The van der Waals surface area contributed by atoms with E-state index in [1.54, 1.807) is 61.5 Å². The molecule has 0 spiro atoms. The minimum atomic E-state index is -3.54. The highest BCUT2D eigenvalue weighted by Crippen LogP contribution is 2.41. The maximum atomic E-state index is 12.8. The lowest BCUT2D eigenvalue weighted by Crippen LogP contribution is -2.30. The van der Waals surface area contributed by atoms with Crippen LogP contribution in [0.2, 0.25) is 0 Å². The second kappa shape index (κ2) is 5.75. The third kappa shape index (κ3) is 2.68. The van der Waals surface area contributed by atoms with Crippen molar-refractivity contribution in [2.24, 2.45) is 0 Å². The van der Waals surface area contributed by atoms with Gasteiger partial charge < -0.3 is 9.15 Å². The molecule has 0 N–H and O–H groups in total. The first-order chi connectivity index (χ1) is 10.1. The Morgan fingerprint density at radius 1 is 1.29 bits per heavy atom. The highest BCUT2D eigenvalue weighted by atomic mass is 32.2. The molecule has 1 aliphatic rings. The molecular weight excluding hydrogens is 310 g/mol. The molecule has 1 unspecified atom stereocenters. The largest absolute Gasteiger partial charge is 0.497 e. The van der Waals surface area contributed by atoms with Crippen molar-refractivity contribution in [3.05, 3.63) is 48.4 Å². The molecule has 1 aliphatic heterocycles. The Labute approximate surface area is 127 Å². The van der Waals surface area contributed by atoms with Crippen molar-refractivity contribution in [3.8, 4) is 5.75 Å². The van der Waals surface area contributed by atoms with Crippen molar-refractivity contribution in [1.29, 1.82) is 0 Å². The van der Waals surface area contributed by atoms with Crippen LogP contribution in [0.1, 0.15) is 11.1 Å². The summed E-state index contributed by atoms with van der Waals surface area (Å²) in [7, 11) is -1.99. The van der Waals surface area contributed by atoms with Gasteiger partial charge in [0.1, 0.15) is 16.9 Å². The maximum absolute atomic E-state index is 12.8. The van der Waals surface area contributed by atoms with Gasteiger partial charge in [-0.2, -0.15) is 4.31 Å². The molecule has 7 heteroatoms. The van der Waals surface area contributed by atoms with Gasteiger partial charge in [-0.15, -0.1) is 11.8 Å². The average Bonchev–Trinajstić information content (AvgIpc) is 3.17. The second-order valence-corrected chi connectivity index (χ2v) is 7.61. The Bertz CT molecular complexity index is 695. The zero-order chi connectivity index (χ0) is 14.9. The number of ether oxygens (including phenoxy) is 1. The average molecular weight is 325 g/mol. The molecular formula is C14H15NO4S2. The van der Waals surface area contributed by atoms with Crippen LogP contribution in [0.15, 0.2) is 52.0 Å². The van der Waals surface area contributed by atoms with Gasteiger partial charge in [0.25, 0.3) is 0 Å². The van der Waals surface area contributed by atoms with Gasteiger partial charge in [0.15, 0.2) is 0 Å². The van der Waals surface area contributed by atoms with Crippen molar-refractivity contribution in [2.45, 2.75) is 10.3 Å². The first-order valence-corrected chi connectivity index (χ1v) is 8.93. The van der Waals surface area contributed by atoms with Gasteiger partial charge in [0.2, 0.25) is 10.0 Å². The summed E-state index contributed by atoms with van der Waals surface area (Å²) >= 11 is 1.57. The molecule has 1 atom stereocenters. The first kappa shape index (κ1) is 14.5. The van der Waals surface area contributed by atoms with Crippen molar-refractivity contribution in [2.75, 3.05) is 19.4 Å². The number of hydrogen-bond donors (Lipinski definition) is 0. The fourth-order valence-corrected chi connectivity index (χ4v) is 5.41. The van der Waals surface area contributed by atoms with Crippen molar-refractivity contribution in [3.63, 3.8) is 0 Å². The number of hydrogen-bond acceptors (Lipinski definition) is 5. The maximum Gasteiger partial charge on any atom is 0.244 e. The molecule has 112 valence electrons. The number of nitrogens with zero attached hydrogens (tertiary/aromatic N) is 1. The molecule has 21 heavy (non-hydrogen) atoms. The van der Waals surface area contributed by atoms with Crippen LogP contribution in [0.25, 0.3) is 0 Å². The number of rotatable bonds is 4. The summed E-state index contributed by atoms with van der Waals surface area (Å²) in [5.41, 5.74) is 0. The molecule has 1 aromatic carbocycles. The van der Waals surface area contributed by atoms with Crippen LogP contribution in [-0.2, 0) is 10.0 Å². The van der Waals surface area contributed by atoms with Crippen LogP contribution in [0, 0.1) is 0 Å². The molecule has 0 bridgehead atoms. The molecule has 5 nitrogen and oxygen atoms in total. The highest BCUT2D eigenvalue weighted by Gasteiger charge is 2.38. The lowest BCUT2D eigenvalue weighted by molar-refractivity contribution is 0.383. The summed E-state index contributed by atoms with van der Waals surface area (Å²) in [5.74, 6) is 2.04. The molecule has 1 saturated heterocycles. The summed E-state index contributed by atoms with van der Waals surface area (Å²) in [6.07, 6.45) is 1.56. The number of sulfonamides is 1. The predicted molar refractivity (Wildman–Crippen MR) is 80.8 cm³/mol. The highest BCUT2D eigenvalue weighted by molar-refractivity contribution is 8.00. The van der Waals surface area contributed by atoms with E-state index in [0.29, 0.717) is 18.1 Å². The van der Waals surface area contributed by atoms with Crippen LogP contribution in [0.4, 0.5) is 0 Å². The Morgan fingerprint density at radius 2 is 2.05 bits per heavy atom. The van der Waals surface area contributed by atoms with Crippen molar-refractivity contribution >= 4 is 21.8 Å². The van der Waals surface area contributed by atoms with Gasteiger partial charge in [-0.05, 0) is 36.4 Å². The molecule has 0 radical (unpaired) electrons. The van der Waals surface area contributed by atoms with E-state index in [9.17, 15) is 8.42 Å². The number of methoxy groups -OCH3 is 1. The van der Waals surface area contributed by atoms with E-state index in [0.717, 1.165) is 5.75 Å². The van der Waals surface area contributed by atoms with E-state index in [1.165, 1.54) is 4.31 Å². The molecule has 2 aromatic rings. The SMILES string of the molecule is COc1ccc(S(=O)(=O)N2CCSC2c2ccco2)cc1. The Hall–Kier alpha value is -1.44. The van der Waals surface area contributed by atoms with Crippen LogP contribution >= 0.6 is 11.8 Å². The van der Waals surface area contributed by atoms with Gasteiger partial charge in [-0.3, -0.25) is 0 Å². The smallest absolute Gasteiger partial charge is 0.244 e. The summed E-state index contributed by atoms with van der Waals surface area (Å²) in [6.45, 7) is 0.477. The number of furan rings is 1. The van der Waals surface area contributed by atoms with Gasteiger partial charge in [-0.25, -0.2) is 8.42 Å².